The van der Waals surface area contributed by atoms with Crippen LogP contribution in [-0.4, -0.2) is 25.3 Å². The molecular weight excluding hydrogens is 270 g/mol. The van der Waals surface area contributed by atoms with Crippen molar-refractivity contribution in [3.8, 4) is 17.6 Å². The van der Waals surface area contributed by atoms with Gasteiger partial charge in [-0.05, 0) is 18.9 Å². The predicted octanol–water partition coefficient (Wildman–Crippen LogP) is 2.86. The number of nitriles is 1. The average molecular weight is 289 g/mol. The van der Waals surface area contributed by atoms with Crippen molar-refractivity contribution in [3.63, 3.8) is 0 Å². The van der Waals surface area contributed by atoms with Crippen molar-refractivity contribution in [2.75, 3.05) is 14.2 Å². The monoisotopic (exact) mass is 289 g/mol. The number of rotatable bonds is 4. The van der Waals surface area contributed by atoms with Gasteiger partial charge >= 0.3 is 5.97 Å². The molecule has 1 aromatic rings. The third kappa shape index (κ3) is 2.54. The van der Waals surface area contributed by atoms with Crippen LogP contribution in [-0.2, 0) is 10.2 Å². The number of carboxylic acid groups (broad SMARTS) is 1. The summed E-state index contributed by atoms with van der Waals surface area (Å²) in [7, 11) is 2.98. The van der Waals surface area contributed by atoms with E-state index in [1.165, 1.54) is 14.2 Å². The van der Waals surface area contributed by atoms with Gasteiger partial charge in [0, 0.05) is 11.6 Å². The molecule has 5 nitrogen and oxygen atoms in total. The maximum Gasteiger partial charge on any atom is 0.314 e. The molecular formula is C16H19NO4. The summed E-state index contributed by atoms with van der Waals surface area (Å²) in [6.45, 7) is 0. The highest BCUT2D eigenvalue weighted by atomic mass is 16.5. The minimum absolute atomic E-state index is 0.383. The van der Waals surface area contributed by atoms with Gasteiger partial charge in [0.25, 0.3) is 0 Å². The Hall–Kier alpha value is -2.22. The zero-order valence-corrected chi connectivity index (χ0v) is 12.3. The fraction of sp³-hybridized carbons (Fsp3) is 0.500. The summed E-state index contributed by atoms with van der Waals surface area (Å²) < 4.78 is 10.7. The molecule has 1 aromatic carbocycles. The summed E-state index contributed by atoms with van der Waals surface area (Å²) >= 11 is 0. The Bertz CT molecular complexity index is 583. The number of hydrogen-bond acceptors (Lipinski definition) is 4. The maximum absolute atomic E-state index is 12.0. The van der Waals surface area contributed by atoms with E-state index in [1.807, 2.05) is 0 Å². The summed E-state index contributed by atoms with van der Waals surface area (Å²) in [6, 6.07) is 5.26. The second kappa shape index (κ2) is 6.04. The molecule has 1 aliphatic rings. The molecule has 0 amide bonds. The highest BCUT2D eigenvalue weighted by Gasteiger charge is 2.44. The van der Waals surface area contributed by atoms with E-state index in [2.05, 4.69) is 6.07 Å². The summed E-state index contributed by atoms with van der Waals surface area (Å²) in [6.07, 6.45) is 3.85. The molecule has 21 heavy (non-hydrogen) atoms. The van der Waals surface area contributed by atoms with Crippen LogP contribution in [0.25, 0.3) is 0 Å². The molecule has 1 saturated carbocycles. The van der Waals surface area contributed by atoms with E-state index in [1.54, 1.807) is 12.1 Å². The van der Waals surface area contributed by atoms with E-state index < -0.39 is 11.4 Å². The molecule has 0 atom stereocenters. The lowest BCUT2D eigenvalue weighted by molar-refractivity contribution is -0.145. The highest BCUT2D eigenvalue weighted by molar-refractivity contribution is 5.83. The van der Waals surface area contributed by atoms with Gasteiger partial charge in [0.1, 0.15) is 0 Å². The Morgan fingerprint density at radius 1 is 1.24 bits per heavy atom. The second-order valence-electron chi connectivity index (χ2n) is 5.32. The Kier molecular flexibility index (Phi) is 4.37. The fourth-order valence-corrected chi connectivity index (χ4v) is 3.14. The summed E-state index contributed by atoms with van der Waals surface area (Å²) in [5, 5.41) is 19.0. The minimum atomic E-state index is -0.996. The zero-order valence-electron chi connectivity index (χ0n) is 12.3. The molecule has 5 heteroatoms. The zero-order chi connectivity index (χ0) is 15.5. The normalized spacial score (nSPS) is 16.8. The predicted molar refractivity (Wildman–Crippen MR) is 76.7 cm³/mol. The number of nitrogens with zero attached hydrogens (tertiary/aromatic N) is 1. The van der Waals surface area contributed by atoms with Crippen molar-refractivity contribution >= 4 is 5.97 Å². The van der Waals surface area contributed by atoms with E-state index in [0.717, 1.165) is 19.3 Å². The van der Waals surface area contributed by atoms with Crippen molar-refractivity contribution in [1.29, 1.82) is 5.26 Å². The molecule has 0 heterocycles. The number of methoxy groups -OCH3 is 2. The molecule has 112 valence electrons. The quantitative estimate of drug-likeness (QED) is 0.922. The number of aliphatic carboxylic acids is 1. The Balaban J connectivity index is 2.69. The topological polar surface area (TPSA) is 79.5 Å². The number of benzene rings is 1. The van der Waals surface area contributed by atoms with Crippen LogP contribution in [0, 0.1) is 11.3 Å². The third-order valence-corrected chi connectivity index (χ3v) is 4.24. The summed E-state index contributed by atoms with van der Waals surface area (Å²) in [5.74, 6) is -0.0452. The van der Waals surface area contributed by atoms with Crippen LogP contribution in [0.5, 0.6) is 11.5 Å². The Morgan fingerprint density at radius 2 is 1.90 bits per heavy atom. The second-order valence-corrected chi connectivity index (χ2v) is 5.32. The SMILES string of the molecule is COc1cc(C#N)cc(C2(C(=O)O)CCCCC2)c1OC. The largest absolute Gasteiger partial charge is 0.493 e. The molecule has 0 radical (unpaired) electrons. The lowest BCUT2D eigenvalue weighted by Crippen LogP contribution is -2.38. The highest BCUT2D eigenvalue weighted by Crippen LogP contribution is 2.47. The van der Waals surface area contributed by atoms with Crippen LogP contribution in [0.2, 0.25) is 0 Å². The van der Waals surface area contributed by atoms with Gasteiger partial charge < -0.3 is 14.6 Å². The molecule has 1 aliphatic carbocycles. The van der Waals surface area contributed by atoms with Crippen LogP contribution in [0.15, 0.2) is 12.1 Å². The van der Waals surface area contributed by atoms with Crippen LogP contribution in [0.3, 0.4) is 0 Å². The molecule has 0 saturated heterocycles. The van der Waals surface area contributed by atoms with Gasteiger partial charge in [-0.25, -0.2) is 0 Å². The number of carboxylic acids is 1. The van der Waals surface area contributed by atoms with Crippen LogP contribution >= 0.6 is 0 Å². The molecule has 0 aromatic heterocycles. The van der Waals surface area contributed by atoms with Gasteiger partial charge in [0.05, 0.1) is 31.3 Å². The molecule has 2 rings (SSSR count). The first-order chi connectivity index (χ1) is 10.1. The average Bonchev–Trinajstić information content (AvgIpc) is 2.53. The van der Waals surface area contributed by atoms with Gasteiger partial charge in [-0.2, -0.15) is 5.26 Å². The fourth-order valence-electron chi connectivity index (χ4n) is 3.14. The van der Waals surface area contributed by atoms with Crippen LogP contribution in [0.1, 0.15) is 43.2 Å². The molecule has 0 unspecified atom stereocenters. The van der Waals surface area contributed by atoms with E-state index in [9.17, 15) is 15.2 Å². The smallest absolute Gasteiger partial charge is 0.314 e. The lowest BCUT2D eigenvalue weighted by Gasteiger charge is -2.35. The van der Waals surface area contributed by atoms with Crippen LogP contribution in [0.4, 0.5) is 0 Å². The maximum atomic E-state index is 12.0. The van der Waals surface area contributed by atoms with Crippen LogP contribution < -0.4 is 9.47 Å². The molecule has 1 N–H and O–H groups in total. The van der Waals surface area contributed by atoms with Crippen molar-refractivity contribution in [3.05, 3.63) is 23.3 Å². The van der Waals surface area contributed by atoms with E-state index >= 15 is 0 Å². The summed E-state index contributed by atoms with van der Waals surface area (Å²) in [5.41, 5.74) is -0.0639. The Labute approximate surface area is 124 Å². The van der Waals surface area contributed by atoms with Gasteiger partial charge in [0.2, 0.25) is 0 Å². The van der Waals surface area contributed by atoms with Gasteiger partial charge in [-0.15, -0.1) is 0 Å². The van der Waals surface area contributed by atoms with Gasteiger partial charge in [-0.1, -0.05) is 19.3 Å². The molecule has 0 aliphatic heterocycles. The van der Waals surface area contributed by atoms with Gasteiger partial charge in [0.15, 0.2) is 11.5 Å². The first-order valence-corrected chi connectivity index (χ1v) is 6.99. The number of carbonyl (C=O) groups is 1. The van der Waals surface area contributed by atoms with E-state index in [-0.39, 0.29) is 0 Å². The van der Waals surface area contributed by atoms with Crippen molar-refractivity contribution in [1.82, 2.24) is 0 Å². The first-order valence-electron chi connectivity index (χ1n) is 6.99. The molecule has 0 bridgehead atoms. The van der Waals surface area contributed by atoms with Gasteiger partial charge in [-0.3, -0.25) is 4.79 Å². The third-order valence-electron chi connectivity index (χ3n) is 4.24. The van der Waals surface area contributed by atoms with E-state index in [4.69, 9.17) is 9.47 Å². The molecule has 1 fully saturated rings. The standard InChI is InChI=1S/C16H19NO4/c1-20-13-9-11(10-17)8-12(14(13)21-2)16(15(18)19)6-4-3-5-7-16/h8-9H,3-7H2,1-2H3,(H,18,19). The molecule has 0 spiro atoms. The van der Waals surface area contributed by atoms with Crippen molar-refractivity contribution in [2.24, 2.45) is 0 Å². The van der Waals surface area contributed by atoms with E-state index in [0.29, 0.717) is 35.5 Å². The number of ether oxygens (including phenoxy) is 2. The van der Waals surface area contributed by atoms with Crippen molar-refractivity contribution < 1.29 is 19.4 Å². The summed E-state index contributed by atoms with van der Waals surface area (Å²) in [4.78, 5) is 12.0. The lowest BCUT2D eigenvalue weighted by atomic mass is 9.69. The Morgan fingerprint density at radius 3 is 2.38 bits per heavy atom. The minimum Gasteiger partial charge on any atom is -0.493 e. The first kappa shape index (κ1) is 15.2. The van der Waals surface area contributed by atoms with Crippen molar-refractivity contribution in [2.45, 2.75) is 37.5 Å². The number of hydrogen-bond donors (Lipinski definition) is 1.